The van der Waals surface area contributed by atoms with Gasteiger partial charge in [0.1, 0.15) is 18.5 Å². The Labute approximate surface area is 196 Å². The molecule has 0 bridgehead atoms. The van der Waals surface area contributed by atoms with Gasteiger partial charge in [-0.25, -0.2) is 20.7 Å². The van der Waals surface area contributed by atoms with Crippen LogP contribution in [0.4, 0.5) is 10.5 Å². The average molecular weight is 469 g/mol. The highest BCUT2D eigenvalue weighted by molar-refractivity contribution is 6.31. The number of hydrazine groups is 2. The fraction of sp³-hybridized carbons (Fsp3) is 0.304. The Bertz CT molecular complexity index is 1110. The van der Waals surface area contributed by atoms with E-state index < -0.39 is 0 Å². The number of hydrogen-bond donors (Lipinski definition) is 3. The van der Waals surface area contributed by atoms with E-state index >= 15 is 0 Å². The Kier molecular flexibility index (Phi) is 5.61. The first-order chi connectivity index (χ1) is 15.9. The quantitative estimate of drug-likeness (QED) is 0.625. The van der Waals surface area contributed by atoms with Crippen LogP contribution in [0, 0.1) is 6.92 Å². The summed E-state index contributed by atoms with van der Waals surface area (Å²) < 4.78 is 5.27. The Hall–Kier alpha value is -3.27. The molecule has 2 fully saturated rings. The molecule has 3 N–H and O–H groups in total. The summed E-state index contributed by atoms with van der Waals surface area (Å²) in [6.07, 6.45) is 4.14. The number of ether oxygens (including phenoxy) is 1. The molecule has 0 aliphatic carbocycles. The van der Waals surface area contributed by atoms with Crippen molar-refractivity contribution in [1.29, 1.82) is 0 Å². The minimum atomic E-state index is -0.362. The highest BCUT2D eigenvalue weighted by Gasteiger charge is 2.48. The van der Waals surface area contributed by atoms with Crippen molar-refractivity contribution >= 4 is 29.2 Å². The molecular formula is C23H25ClN6O3. The summed E-state index contributed by atoms with van der Waals surface area (Å²) in [6.45, 7) is 1.91. The Morgan fingerprint density at radius 2 is 1.97 bits per heavy atom. The van der Waals surface area contributed by atoms with E-state index in [0.717, 1.165) is 6.42 Å². The molecule has 0 saturated carbocycles. The number of halogens is 1. The van der Waals surface area contributed by atoms with E-state index in [0.29, 0.717) is 16.5 Å². The molecule has 33 heavy (non-hydrogen) atoms. The van der Waals surface area contributed by atoms with Gasteiger partial charge in [0, 0.05) is 17.4 Å². The minimum Gasteiger partial charge on any atom is -0.495 e. The van der Waals surface area contributed by atoms with Gasteiger partial charge in [-0.2, -0.15) is 0 Å². The average Bonchev–Trinajstić information content (AvgIpc) is 3.36. The van der Waals surface area contributed by atoms with Crippen molar-refractivity contribution in [3.63, 3.8) is 0 Å². The lowest BCUT2D eigenvalue weighted by molar-refractivity contribution is -0.117. The van der Waals surface area contributed by atoms with Gasteiger partial charge in [0.25, 0.3) is 0 Å². The highest BCUT2D eigenvalue weighted by Crippen LogP contribution is 2.35. The first-order valence-corrected chi connectivity index (χ1v) is 11.1. The van der Waals surface area contributed by atoms with Crippen LogP contribution in [0.3, 0.4) is 0 Å². The molecule has 3 aliphatic heterocycles. The van der Waals surface area contributed by atoms with E-state index in [1.165, 1.54) is 23.2 Å². The summed E-state index contributed by atoms with van der Waals surface area (Å²) >= 11 is 6.04. The molecule has 0 aromatic heterocycles. The third-order valence-electron chi connectivity index (χ3n) is 6.15. The monoisotopic (exact) mass is 468 g/mol. The van der Waals surface area contributed by atoms with Gasteiger partial charge in [-0.15, -0.1) is 0 Å². The first kappa shape index (κ1) is 21.6. The number of carbonyl (C=O) groups excluding carboxylic acids is 2. The predicted octanol–water partition coefficient (Wildman–Crippen LogP) is 2.97. The largest absolute Gasteiger partial charge is 0.495 e. The summed E-state index contributed by atoms with van der Waals surface area (Å²) in [5.41, 5.74) is 9.58. The molecule has 3 heterocycles. The molecule has 3 aliphatic rings. The third kappa shape index (κ3) is 4.10. The molecule has 2 aromatic carbocycles. The molecule has 0 spiro atoms. The van der Waals surface area contributed by atoms with E-state index in [4.69, 9.17) is 16.3 Å². The lowest BCUT2D eigenvalue weighted by Crippen LogP contribution is -2.54. The van der Waals surface area contributed by atoms with Crippen LogP contribution in [0.1, 0.15) is 23.6 Å². The van der Waals surface area contributed by atoms with Crippen molar-refractivity contribution in [2.75, 3.05) is 19.0 Å². The standard InChI is InChI=1S/C23H25ClN6O3/c1-14-3-5-15(6-4-14)17-12-19-22-27-30(23(32)28(22)9-10-29(19)26-17)13-21(31)25-18-11-16(24)7-8-20(18)33-2/h3-11,17,19,22,26-27H,12-13H2,1-2H3,(H,25,31). The maximum Gasteiger partial charge on any atom is 0.340 e. The second kappa shape index (κ2) is 8.58. The maximum absolute atomic E-state index is 13.0. The number of aryl methyl sites for hydroxylation is 1. The smallest absolute Gasteiger partial charge is 0.340 e. The van der Waals surface area contributed by atoms with Crippen molar-refractivity contribution in [3.8, 4) is 5.75 Å². The molecule has 172 valence electrons. The van der Waals surface area contributed by atoms with Gasteiger partial charge in [0.05, 0.1) is 24.9 Å². The Morgan fingerprint density at radius 3 is 2.73 bits per heavy atom. The van der Waals surface area contributed by atoms with Gasteiger partial charge in [-0.1, -0.05) is 41.4 Å². The van der Waals surface area contributed by atoms with Crippen molar-refractivity contribution in [3.05, 3.63) is 71.0 Å². The molecule has 2 saturated heterocycles. The van der Waals surface area contributed by atoms with Crippen LogP contribution >= 0.6 is 11.6 Å². The topological polar surface area (TPSA) is 89.2 Å². The number of hydrogen-bond acceptors (Lipinski definition) is 6. The summed E-state index contributed by atoms with van der Waals surface area (Å²) in [5.74, 6) is 0.128. The molecule has 3 unspecified atom stereocenters. The van der Waals surface area contributed by atoms with Crippen molar-refractivity contribution < 1.29 is 14.3 Å². The minimum absolute atomic E-state index is 0.0198. The van der Waals surface area contributed by atoms with Gasteiger partial charge in [0.2, 0.25) is 5.91 Å². The van der Waals surface area contributed by atoms with Crippen LogP contribution in [0.25, 0.3) is 0 Å². The lowest BCUT2D eigenvalue weighted by Gasteiger charge is -2.34. The van der Waals surface area contributed by atoms with Gasteiger partial charge in [-0.3, -0.25) is 9.69 Å². The van der Waals surface area contributed by atoms with E-state index in [2.05, 4.69) is 47.4 Å². The van der Waals surface area contributed by atoms with Crippen LogP contribution in [0.15, 0.2) is 54.9 Å². The zero-order valence-corrected chi connectivity index (χ0v) is 19.0. The fourth-order valence-corrected chi connectivity index (χ4v) is 4.63. The number of fused-ring (bicyclic) bond motifs is 3. The van der Waals surface area contributed by atoms with E-state index in [-0.39, 0.29) is 36.7 Å². The predicted molar refractivity (Wildman–Crippen MR) is 124 cm³/mol. The number of nitrogens with one attached hydrogen (secondary N) is 3. The zero-order valence-electron chi connectivity index (χ0n) is 18.3. The number of benzene rings is 2. The summed E-state index contributed by atoms with van der Waals surface area (Å²) in [5, 5.41) is 6.61. The van der Waals surface area contributed by atoms with Gasteiger partial charge < -0.3 is 15.1 Å². The van der Waals surface area contributed by atoms with Gasteiger partial charge in [-0.05, 0) is 37.1 Å². The second-order valence-corrected chi connectivity index (χ2v) is 8.78. The molecule has 9 nitrogen and oxygen atoms in total. The number of amides is 3. The highest BCUT2D eigenvalue weighted by atomic mass is 35.5. The molecule has 2 aromatic rings. The molecule has 5 rings (SSSR count). The van der Waals surface area contributed by atoms with Gasteiger partial charge in [0.15, 0.2) is 0 Å². The van der Waals surface area contributed by atoms with Crippen LogP contribution in [0.2, 0.25) is 5.02 Å². The number of anilines is 1. The molecule has 3 atom stereocenters. The number of nitrogens with zero attached hydrogens (tertiary/aromatic N) is 3. The van der Waals surface area contributed by atoms with Crippen LogP contribution < -0.4 is 20.9 Å². The van der Waals surface area contributed by atoms with Crippen LogP contribution in [-0.4, -0.2) is 52.7 Å². The number of carbonyl (C=O) groups is 2. The fourth-order valence-electron chi connectivity index (χ4n) is 4.46. The molecule has 10 heteroatoms. The molecule has 3 amide bonds. The third-order valence-corrected chi connectivity index (χ3v) is 6.38. The second-order valence-electron chi connectivity index (χ2n) is 8.34. The number of rotatable bonds is 5. The first-order valence-electron chi connectivity index (χ1n) is 10.7. The normalized spacial score (nSPS) is 23.5. The molecular weight excluding hydrogens is 444 g/mol. The summed E-state index contributed by atoms with van der Waals surface area (Å²) in [4.78, 5) is 27.3. The Morgan fingerprint density at radius 1 is 1.18 bits per heavy atom. The zero-order chi connectivity index (χ0) is 23.1. The summed E-state index contributed by atoms with van der Waals surface area (Å²) in [6, 6.07) is 13.3. The lowest BCUT2D eigenvalue weighted by atomic mass is 9.99. The maximum atomic E-state index is 13.0. The van der Waals surface area contributed by atoms with Gasteiger partial charge >= 0.3 is 6.03 Å². The summed E-state index contributed by atoms with van der Waals surface area (Å²) in [7, 11) is 1.51. The Balaban J connectivity index is 1.26. The van der Waals surface area contributed by atoms with Crippen LogP contribution in [-0.2, 0) is 4.79 Å². The number of methoxy groups -OCH3 is 1. The SMILES string of the molecule is COc1ccc(Cl)cc1NC(=O)CN1NC2C3CC(c4ccc(C)cc4)NN3C=CN2C1=O. The van der Waals surface area contributed by atoms with Crippen molar-refractivity contribution in [2.45, 2.75) is 31.6 Å². The van der Waals surface area contributed by atoms with E-state index in [9.17, 15) is 9.59 Å². The van der Waals surface area contributed by atoms with E-state index in [1.807, 2.05) is 11.2 Å². The number of urea groups is 1. The van der Waals surface area contributed by atoms with E-state index in [1.54, 1.807) is 29.3 Å². The molecule has 0 radical (unpaired) electrons. The van der Waals surface area contributed by atoms with Crippen molar-refractivity contribution in [2.24, 2.45) is 0 Å². The van der Waals surface area contributed by atoms with Crippen LogP contribution in [0.5, 0.6) is 5.75 Å². The van der Waals surface area contributed by atoms with Crippen molar-refractivity contribution in [1.82, 2.24) is 25.8 Å².